The zero-order valence-electron chi connectivity index (χ0n) is 11.9. The number of rotatable bonds is 9. The Balaban J connectivity index is 2.31. The first-order valence-electron chi connectivity index (χ1n) is 6.93. The van der Waals surface area contributed by atoms with Crippen LogP contribution >= 0.6 is 0 Å². The lowest BCUT2D eigenvalue weighted by atomic mass is 10.1. The highest BCUT2D eigenvalue weighted by Gasteiger charge is 2.03. The van der Waals surface area contributed by atoms with Gasteiger partial charge in [0.05, 0.1) is 6.61 Å². The van der Waals surface area contributed by atoms with Crippen LogP contribution in [-0.4, -0.2) is 30.0 Å². The van der Waals surface area contributed by atoms with Crippen LogP contribution in [0, 0.1) is 5.92 Å². The molecule has 0 radical (unpaired) electrons. The summed E-state index contributed by atoms with van der Waals surface area (Å²) in [6.07, 6.45) is 2.08. The number of hydrogen-bond acceptors (Lipinski definition) is 4. The van der Waals surface area contributed by atoms with Crippen LogP contribution in [0.15, 0.2) is 18.2 Å². The van der Waals surface area contributed by atoms with Gasteiger partial charge in [-0.15, -0.1) is 0 Å². The molecule has 0 aliphatic rings. The molecule has 1 rings (SSSR count). The third-order valence-electron chi connectivity index (χ3n) is 3.02. The van der Waals surface area contributed by atoms with Crippen molar-refractivity contribution >= 4 is 0 Å². The predicted octanol–water partition coefficient (Wildman–Crippen LogP) is 2.29. The fourth-order valence-corrected chi connectivity index (χ4v) is 1.84. The van der Waals surface area contributed by atoms with Crippen molar-refractivity contribution in [3.05, 3.63) is 23.8 Å². The highest BCUT2D eigenvalue weighted by molar-refractivity contribution is 5.41. The van der Waals surface area contributed by atoms with E-state index < -0.39 is 0 Å². The number of ether oxygens (including phenoxy) is 1. The van der Waals surface area contributed by atoms with E-state index in [0.717, 1.165) is 31.5 Å². The van der Waals surface area contributed by atoms with Gasteiger partial charge in [0.15, 0.2) is 11.5 Å². The van der Waals surface area contributed by atoms with E-state index in [0.29, 0.717) is 18.3 Å². The van der Waals surface area contributed by atoms with Crippen molar-refractivity contribution in [2.45, 2.75) is 33.2 Å². The summed E-state index contributed by atoms with van der Waals surface area (Å²) < 4.78 is 5.35. The van der Waals surface area contributed by atoms with Crippen molar-refractivity contribution in [1.29, 1.82) is 0 Å². The highest BCUT2D eigenvalue weighted by Crippen LogP contribution is 2.26. The molecule has 19 heavy (non-hydrogen) atoms. The number of phenolic OH excluding ortho intramolecular Hbond substituents is 1. The van der Waals surface area contributed by atoms with Crippen molar-refractivity contribution < 1.29 is 14.9 Å². The van der Waals surface area contributed by atoms with Gasteiger partial charge in [-0.1, -0.05) is 13.0 Å². The summed E-state index contributed by atoms with van der Waals surface area (Å²) in [5, 5.41) is 21.9. The molecule has 0 spiro atoms. The van der Waals surface area contributed by atoms with Crippen molar-refractivity contribution in [3.63, 3.8) is 0 Å². The van der Waals surface area contributed by atoms with Gasteiger partial charge in [0.2, 0.25) is 0 Å². The molecule has 1 unspecified atom stereocenters. The Bertz CT molecular complexity index is 368. The van der Waals surface area contributed by atoms with Crippen molar-refractivity contribution in [1.82, 2.24) is 5.32 Å². The second-order valence-electron chi connectivity index (χ2n) is 4.84. The lowest BCUT2D eigenvalue weighted by molar-refractivity contribution is 0.228. The molecule has 0 saturated carbocycles. The number of aromatic hydroxyl groups is 1. The number of aliphatic hydroxyl groups excluding tert-OH is 1. The summed E-state index contributed by atoms with van der Waals surface area (Å²) in [5.41, 5.74) is 1.09. The number of phenols is 1. The van der Waals surface area contributed by atoms with Gasteiger partial charge >= 0.3 is 0 Å². The summed E-state index contributed by atoms with van der Waals surface area (Å²) in [6, 6.07) is 5.42. The van der Waals surface area contributed by atoms with Crippen molar-refractivity contribution in [2.75, 3.05) is 19.8 Å². The number of aliphatic hydroxyl groups is 1. The van der Waals surface area contributed by atoms with E-state index in [2.05, 4.69) is 5.32 Å². The maximum absolute atomic E-state index is 9.59. The maximum atomic E-state index is 9.59. The molecule has 4 nitrogen and oxygen atoms in total. The van der Waals surface area contributed by atoms with Crippen LogP contribution in [0.25, 0.3) is 0 Å². The second kappa shape index (κ2) is 8.77. The summed E-state index contributed by atoms with van der Waals surface area (Å²) in [6.45, 7) is 6.43. The number of benzene rings is 1. The topological polar surface area (TPSA) is 61.7 Å². The minimum atomic E-state index is 0.183. The number of hydrogen-bond donors (Lipinski definition) is 3. The third kappa shape index (κ3) is 5.94. The first-order valence-corrected chi connectivity index (χ1v) is 6.93. The van der Waals surface area contributed by atoms with E-state index in [-0.39, 0.29) is 12.4 Å². The van der Waals surface area contributed by atoms with E-state index in [9.17, 15) is 5.11 Å². The van der Waals surface area contributed by atoms with Gasteiger partial charge in [-0.2, -0.15) is 0 Å². The fraction of sp³-hybridized carbons (Fsp3) is 0.600. The lowest BCUT2D eigenvalue weighted by Crippen LogP contribution is -2.16. The number of nitrogens with one attached hydrogen (secondary N) is 1. The molecule has 0 aliphatic carbocycles. The standard InChI is InChI=1S/C15H25NO3/c1-3-19-15-9-13(6-7-14(15)18)10-16-8-4-5-12(2)11-17/h6-7,9,12,16-18H,3-5,8,10-11H2,1-2H3. The largest absolute Gasteiger partial charge is 0.504 e. The Hall–Kier alpha value is -1.26. The molecule has 4 heteroatoms. The quantitative estimate of drug-likeness (QED) is 0.601. The van der Waals surface area contributed by atoms with Crippen LogP contribution in [0.4, 0.5) is 0 Å². The summed E-state index contributed by atoms with van der Waals surface area (Å²) >= 11 is 0. The zero-order chi connectivity index (χ0) is 14.1. The van der Waals surface area contributed by atoms with Crippen molar-refractivity contribution in [2.24, 2.45) is 5.92 Å². The van der Waals surface area contributed by atoms with Gasteiger partial charge in [-0.25, -0.2) is 0 Å². The van der Waals surface area contributed by atoms with E-state index in [4.69, 9.17) is 9.84 Å². The van der Waals surface area contributed by atoms with Gasteiger partial charge in [-0.05, 0) is 49.9 Å². The second-order valence-corrected chi connectivity index (χ2v) is 4.84. The molecule has 1 aromatic rings. The molecule has 0 aromatic heterocycles. The molecule has 0 amide bonds. The molecular formula is C15H25NO3. The molecule has 1 aromatic carbocycles. The molecule has 3 N–H and O–H groups in total. The SMILES string of the molecule is CCOc1cc(CNCCCC(C)CO)ccc1O. The van der Waals surface area contributed by atoms with E-state index >= 15 is 0 Å². The van der Waals surface area contributed by atoms with Gasteiger partial charge in [0, 0.05) is 13.2 Å². The predicted molar refractivity (Wildman–Crippen MR) is 76.5 cm³/mol. The zero-order valence-corrected chi connectivity index (χ0v) is 11.9. The molecule has 1 atom stereocenters. The molecule has 0 saturated heterocycles. The normalized spacial score (nSPS) is 12.4. The van der Waals surface area contributed by atoms with E-state index in [1.165, 1.54) is 0 Å². The van der Waals surface area contributed by atoms with Crippen LogP contribution in [0.5, 0.6) is 11.5 Å². The van der Waals surface area contributed by atoms with E-state index in [1.54, 1.807) is 6.07 Å². The molecule has 0 heterocycles. The average molecular weight is 267 g/mol. The molecule has 0 aliphatic heterocycles. The first kappa shape index (κ1) is 15.8. The van der Waals surface area contributed by atoms with E-state index in [1.807, 2.05) is 26.0 Å². The molecule has 108 valence electrons. The summed E-state index contributed by atoms with van der Waals surface area (Å²) in [7, 11) is 0. The van der Waals surface area contributed by atoms with Gasteiger partial charge in [0.25, 0.3) is 0 Å². The average Bonchev–Trinajstić information content (AvgIpc) is 2.41. The smallest absolute Gasteiger partial charge is 0.161 e. The van der Waals surface area contributed by atoms with Gasteiger partial charge in [-0.3, -0.25) is 0 Å². The van der Waals surface area contributed by atoms with Crippen LogP contribution in [0.2, 0.25) is 0 Å². The summed E-state index contributed by atoms with van der Waals surface area (Å²) in [5.74, 6) is 1.10. The summed E-state index contributed by atoms with van der Waals surface area (Å²) in [4.78, 5) is 0. The fourth-order valence-electron chi connectivity index (χ4n) is 1.84. The Kier molecular flexibility index (Phi) is 7.30. The Morgan fingerprint density at radius 2 is 2.16 bits per heavy atom. The van der Waals surface area contributed by atoms with Crippen molar-refractivity contribution in [3.8, 4) is 11.5 Å². The molecule has 0 bridgehead atoms. The maximum Gasteiger partial charge on any atom is 0.161 e. The first-order chi connectivity index (χ1) is 9.17. The van der Waals surface area contributed by atoms with Crippen LogP contribution in [-0.2, 0) is 6.54 Å². The minimum Gasteiger partial charge on any atom is -0.504 e. The molecular weight excluding hydrogens is 242 g/mol. The molecule has 0 fully saturated rings. The lowest BCUT2D eigenvalue weighted by Gasteiger charge is -2.10. The van der Waals surface area contributed by atoms with Gasteiger partial charge in [0.1, 0.15) is 0 Å². The highest BCUT2D eigenvalue weighted by atomic mass is 16.5. The van der Waals surface area contributed by atoms with Crippen LogP contribution < -0.4 is 10.1 Å². The Morgan fingerprint density at radius 3 is 2.84 bits per heavy atom. The minimum absolute atomic E-state index is 0.183. The third-order valence-corrected chi connectivity index (χ3v) is 3.02. The monoisotopic (exact) mass is 267 g/mol. The van der Waals surface area contributed by atoms with Crippen LogP contribution in [0.3, 0.4) is 0 Å². The Morgan fingerprint density at radius 1 is 1.37 bits per heavy atom. The van der Waals surface area contributed by atoms with Crippen LogP contribution in [0.1, 0.15) is 32.3 Å². The Labute approximate surface area is 115 Å². The van der Waals surface area contributed by atoms with Gasteiger partial charge < -0.3 is 20.3 Å².